The third-order valence-electron chi connectivity index (χ3n) is 4.95. The Kier molecular flexibility index (Phi) is 3.67. The topological polar surface area (TPSA) is 29.3 Å². The normalized spacial score (nSPS) is 21.1. The first-order valence-corrected chi connectivity index (χ1v) is 7.90. The van der Waals surface area contributed by atoms with Gasteiger partial charge in [0.1, 0.15) is 0 Å². The lowest BCUT2D eigenvalue weighted by Gasteiger charge is -2.38. The summed E-state index contributed by atoms with van der Waals surface area (Å²) >= 11 is 0. The van der Waals surface area contributed by atoms with Crippen molar-refractivity contribution in [1.82, 2.24) is 0 Å². The summed E-state index contributed by atoms with van der Waals surface area (Å²) < 4.78 is 0. The van der Waals surface area contributed by atoms with E-state index in [0.29, 0.717) is 0 Å². The van der Waals surface area contributed by atoms with E-state index in [9.17, 15) is 0 Å². The van der Waals surface area contributed by atoms with Crippen LogP contribution in [0.25, 0.3) is 0 Å². The summed E-state index contributed by atoms with van der Waals surface area (Å²) in [5.41, 5.74) is 9.72. The number of rotatable bonds is 3. The molecular formula is C17H26N2. The Morgan fingerprint density at radius 2 is 1.47 bits per heavy atom. The second-order valence-corrected chi connectivity index (χ2v) is 6.33. The zero-order valence-corrected chi connectivity index (χ0v) is 12.1. The Bertz CT molecular complexity index is 413. The number of hydrogen-bond acceptors (Lipinski definition) is 2. The largest absolute Gasteiger partial charge is 0.399 e. The number of hydrogen-bond donors (Lipinski definition) is 1. The van der Waals surface area contributed by atoms with Gasteiger partial charge in [0, 0.05) is 23.5 Å². The van der Waals surface area contributed by atoms with E-state index in [1.807, 2.05) is 6.07 Å². The van der Waals surface area contributed by atoms with Crippen LogP contribution in [0.2, 0.25) is 0 Å². The molecule has 0 aliphatic heterocycles. The van der Waals surface area contributed by atoms with Gasteiger partial charge in [0.15, 0.2) is 0 Å². The van der Waals surface area contributed by atoms with Gasteiger partial charge in [0.2, 0.25) is 0 Å². The monoisotopic (exact) mass is 258 g/mol. The third kappa shape index (κ3) is 2.58. The van der Waals surface area contributed by atoms with E-state index in [1.165, 1.54) is 62.6 Å². The third-order valence-corrected chi connectivity index (χ3v) is 4.95. The number of aryl methyl sites for hydroxylation is 1. The highest BCUT2D eigenvalue weighted by Gasteiger charge is 2.31. The molecule has 0 spiro atoms. The molecule has 2 aliphatic carbocycles. The van der Waals surface area contributed by atoms with Gasteiger partial charge in [0.25, 0.3) is 0 Å². The molecule has 0 atom stereocenters. The maximum Gasteiger partial charge on any atom is 0.0421 e. The van der Waals surface area contributed by atoms with Gasteiger partial charge in [-0.1, -0.05) is 31.7 Å². The molecule has 0 heterocycles. The second kappa shape index (κ2) is 5.44. The summed E-state index contributed by atoms with van der Waals surface area (Å²) in [6.07, 6.45) is 11.1. The van der Waals surface area contributed by atoms with Gasteiger partial charge in [-0.2, -0.15) is 0 Å². The van der Waals surface area contributed by atoms with Crippen molar-refractivity contribution in [3.05, 3.63) is 23.8 Å². The number of anilines is 2. The quantitative estimate of drug-likeness (QED) is 0.820. The minimum atomic E-state index is 0.753. The molecule has 3 rings (SSSR count). The first-order valence-electron chi connectivity index (χ1n) is 7.90. The highest BCUT2D eigenvalue weighted by molar-refractivity contribution is 5.62. The number of nitrogens with zero attached hydrogens (tertiary/aromatic N) is 1. The van der Waals surface area contributed by atoms with Gasteiger partial charge in [-0.25, -0.2) is 0 Å². The smallest absolute Gasteiger partial charge is 0.0421 e. The molecule has 19 heavy (non-hydrogen) atoms. The standard InChI is InChI=1S/C17H26N2/c1-13-10-11-14(18)12-17(13)19(15-6-2-3-7-15)16-8-4-5-9-16/h10-12,15-16H,2-9,18H2,1H3. The van der Waals surface area contributed by atoms with E-state index >= 15 is 0 Å². The summed E-state index contributed by atoms with van der Waals surface area (Å²) in [6, 6.07) is 7.92. The summed E-state index contributed by atoms with van der Waals surface area (Å²) in [5.74, 6) is 0. The van der Waals surface area contributed by atoms with Gasteiger partial charge in [-0.3, -0.25) is 0 Å². The Balaban J connectivity index is 1.94. The maximum atomic E-state index is 6.04. The number of benzene rings is 1. The lowest BCUT2D eigenvalue weighted by Crippen LogP contribution is -2.41. The fraction of sp³-hybridized carbons (Fsp3) is 0.647. The highest BCUT2D eigenvalue weighted by Crippen LogP contribution is 2.37. The molecule has 2 heteroatoms. The molecule has 0 amide bonds. The van der Waals surface area contributed by atoms with Crippen LogP contribution in [0.3, 0.4) is 0 Å². The van der Waals surface area contributed by atoms with E-state index in [0.717, 1.165) is 17.8 Å². The van der Waals surface area contributed by atoms with Crippen molar-refractivity contribution < 1.29 is 0 Å². The Morgan fingerprint density at radius 1 is 0.947 bits per heavy atom. The van der Waals surface area contributed by atoms with Crippen molar-refractivity contribution in [3.63, 3.8) is 0 Å². The van der Waals surface area contributed by atoms with Gasteiger partial charge in [-0.05, 0) is 50.3 Å². The predicted molar refractivity (Wildman–Crippen MR) is 82.6 cm³/mol. The van der Waals surface area contributed by atoms with Crippen LogP contribution in [0.1, 0.15) is 56.9 Å². The first-order chi connectivity index (χ1) is 9.25. The Morgan fingerprint density at radius 3 is 2.00 bits per heavy atom. The molecule has 0 radical (unpaired) electrons. The lowest BCUT2D eigenvalue weighted by molar-refractivity contribution is 0.512. The summed E-state index contributed by atoms with van der Waals surface area (Å²) in [6.45, 7) is 2.23. The van der Waals surface area contributed by atoms with Crippen LogP contribution in [0.5, 0.6) is 0 Å². The van der Waals surface area contributed by atoms with Gasteiger partial charge in [-0.15, -0.1) is 0 Å². The minimum absolute atomic E-state index is 0.753. The summed E-state index contributed by atoms with van der Waals surface area (Å²) in [5, 5.41) is 0. The van der Waals surface area contributed by atoms with Crippen LogP contribution >= 0.6 is 0 Å². The molecule has 104 valence electrons. The average molecular weight is 258 g/mol. The molecule has 2 N–H and O–H groups in total. The van der Waals surface area contributed by atoms with Crippen molar-refractivity contribution in [2.75, 3.05) is 10.6 Å². The Labute approximate surface area is 117 Å². The number of nitrogens with two attached hydrogens (primary N) is 1. The fourth-order valence-corrected chi connectivity index (χ4v) is 3.96. The van der Waals surface area contributed by atoms with Gasteiger partial charge in [0.05, 0.1) is 0 Å². The van der Waals surface area contributed by atoms with Gasteiger partial charge >= 0.3 is 0 Å². The molecule has 2 saturated carbocycles. The molecule has 2 nitrogen and oxygen atoms in total. The van der Waals surface area contributed by atoms with Crippen LogP contribution in [-0.2, 0) is 0 Å². The first kappa shape index (κ1) is 12.8. The molecular weight excluding hydrogens is 232 g/mol. The highest BCUT2D eigenvalue weighted by atomic mass is 15.2. The SMILES string of the molecule is Cc1ccc(N)cc1N(C1CCCC1)C1CCCC1. The molecule has 0 unspecified atom stereocenters. The molecule has 1 aromatic carbocycles. The van der Waals surface area contributed by atoms with Crippen LogP contribution in [-0.4, -0.2) is 12.1 Å². The van der Waals surface area contributed by atoms with E-state index in [-0.39, 0.29) is 0 Å². The van der Waals surface area contributed by atoms with Crippen LogP contribution < -0.4 is 10.6 Å². The summed E-state index contributed by atoms with van der Waals surface area (Å²) in [4.78, 5) is 2.74. The lowest BCUT2D eigenvalue weighted by atomic mass is 10.0. The molecule has 0 bridgehead atoms. The molecule has 0 aromatic heterocycles. The van der Waals surface area contributed by atoms with Gasteiger partial charge < -0.3 is 10.6 Å². The van der Waals surface area contributed by atoms with E-state index in [1.54, 1.807) is 0 Å². The van der Waals surface area contributed by atoms with Crippen LogP contribution in [0.4, 0.5) is 11.4 Å². The van der Waals surface area contributed by atoms with Crippen molar-refractivity contribution in [3.8, 4) is 0 Å². The predicted octanol–water partition coefficient (Wildman–Crippen LogP) is 4.27. The average Bonchev–Trinajstić information content (AvgIpc) is 3.07. The van der Waals surface area contributed by atoms with Crippen LogP contribution in [0.15, 0.2) is 18.2 Å². The van der Waals surface area contributed by atoms with Crippen LogP contribution in [0, 0.1) is 6.92 Å². The molecule has 2 fully saturated rings. The van der Waals surface area contributed by atoms with E-state index in [4.69, 9.17) is 5.73 Å². The zero-order valence-electron chi connectivity index (χ0n) is 12.1. The van der Waals surface area contributed by atoms with Crippen molar-refractivity contribution >= 4 is 11.4 Å². The van der Waals surface area contributed by atoms with E-state index < -0.39 is 0 Å². The molecule has 0 saturated heterocycles. The van der Waals surface area contributed by atoms with Crippen molar-refractivity contribution in [1.29, 1.82) is 0 Å². The van der Waals surface area contributed by atoms with Crippen molar-refractivity contribution in [2.24, 2.45) is 0 Å². The minimum Gasteiger partial charge on any atom is -0.399 e. The zero-order chi connectivity index (χ0) is 13.2. The molecule has 2 aliphatic rings. The van der Waals surface area contributed by atoms with Crippen molar-refractivity contribution in [2.45, 2.75) is 70.4 Å². The maximum absolute atomic E-state index is 6.04. The number of nitrogen functional groups attached to an aromatic ring is 1. The summed E-state index contributed by atoms with van der Waals surface area (Å²) in [7, 11) is 0. The second-order valence-electron chi connectivity index (χ2n) is 6.33. The fourth-order valence-electron chi connectivity index (χ4n) is 3.96. The molecule has 1 aromatic rings. The Hall–Kier alpha value is -1.18. The van der Waals surface area contributed by atoms with E-state index in [2.05, 4.69) is 24.0 Å².